The lowest BCUT2D eigenvalue weighted by atomic mass is 10.1. The van der Waals surface area contributed by atoms with E-state index in [0.29, 0.717) is 15.5 Å². The number of piperidine rings is 1. The number of rotatable bonds is 3. The molecular weight excluding hydrogens is 346 g/mol. The highest BCUT2D eigenvalue weighted by atomic mass is 32.1. The first-order valence-electron chi connectivity index (χ1n) is 7.79. The number of aromatic hydroxyl groups is 1. The maximum absolute atomic E-state index is 10.7. The average molecular weight is 364 g/mol. The molecule has 8 heteroatoms. The maximum Gasteiger partial charge on any atom is 0.222 e. The van der Waals surface area contributed by atoms with E-state index in [4.69, 9.17) is 12.2 Å². The van der Waals surface area contributed by atoms with E-state index < -0.39 is 4.90 Å². The third-order valence-corrected chi connectivity index (χ3v) is 5.47. The van der Waals surface area contributed by atoms with Gasteiger partial charge in [0.1, 0.15) is 0 Å². The summed E-state index contributed by atoms with van der Waals surface area (Å²) < 4.78 is 2.38. The van der Waals surface area contributed by atoms with Gasteiger partial charge in [-0.05, 0) is 62.0 Å². The molecule has 1 saturated heterocycles. The van der Waals surface area contributed by atoms with Crippen LogP contribution in [0.3, 0.4) is 0 Å². The van der Waals surface area contributed by atoms with Gasteiger partial charge in [0.25, 0.3) is 0 Å². The molecule has 0 spiro atoms. The first-order valence-corrected chi connectivity index (χ1v) is 9.01. The van der Waals surface area contributed by atoms with E-state index in [9.17, 15) is 15.5 Å². The molecule has 0 atom stereocenters. The second-order valence-corrected chi connectivity index (χ2v) is 7.47. The number of allylic oxidation sites excluding steroid dienone is 5. The number of hydrogen-bond donors (Lipinski definition) is 1. The minimum Gasteiger partial charge on any atom is -0.612 e. The van der Waals surface area contributed by atoms with Crippen LogP contribution in [0.1, 0.15) is 24.1 Å². The Hall–Kier alpha value is -1.90. The summed E-state index contributed by atoms with van der Waals surface area (Å²) in [5.74, 6) is 0.161. The Morgan fingerprint density at radius 2 is 1.83 bits per heavy atom. The second-order valence-electron chi connectivity index (χ2n) is 5.80. The summed E-state index contributed by atoms with van der Waals surface area (Å²) in [6, 6.07) is 0. The van der Waals surface area contributed by atoms with Crippen LogP contribution >= 0.6 is 23.6 Å². The van der Waals surface area contributed by atoms with Crippen LogP contribution in [0.25, 0.3) is 6.08 Å². The van der Waals surface area contributed by atoms with E-state index in [1.807, 2.05) is 0 Å². The summed E-state index contributed by atoms with van der Waals surface area (Å²) in [5.41, 5.74) is 0.837. The predicted octanol–water partition coefficient (Wildman–Crippen LogP) is 3.39. The highest BCUT2D eigenvalue weighted by molar-refractivity contribution is 7.73. The molecule has 6 nitrogen and oxygen atoms in total. The van der Waals surface area contributed by atoms with Crippen LogP contribution in [-0.2, 0) is 6.67 Å². The SMILES string of the molecule is [O-][N+]([O-])=C1C=CC(=Cc2sc(=S)n(CN3CCCCC3)c2O)C=C1. The van der Waals surface area contributed by atoms with Gasteiger partial charge in [0, 0.05) is 12.2 Å². The minimum atomic E-state index is -0.430. The lowest BCUT2D eigenvalue weighted by Gasteiger charge is -2.26. The van der Waals surface area contributed by atoms with Gasteiger partial charge in [-0.25, -0.2) is 0 Å². The zero-order valence-electron chi connectivity index (χ0n) is 13.1. The van der Waals surface area contributed by atoms with E-state index in [-0.39, 0.29) is 11.6 Å². The van der Waals surface area contributed by atoms with Crippen molar-refractivity contribution in [2.24, 2.45) is 0 Å². The van der Waals surface area contributed by atoms with Gasteiger partial charge in [-0.15, -0.1) is 11.3 Å². The van der Waals surface area contributed by atoms with Crippen LogP contribution in [0.15, 0.2) is 29.9 Å². The Labute approximate surface area is 149 Å². The second kappa shape index (κ2) is 7.33. The number of thiazole rings is 1. The number of nitrogens with zero attached hydrogens (tertiary/aromatic N) is 3. The highest BCUT2D eigenvalue weighted by Crippen LogP contribution is 2.30. The molecule has 0 unspecified atom stereocenters. The zero-order valence-corrected chi connectivity index (χ0v) is 14.7. The Morgan fingerprint density at radius 3 is 2.46 bits per heavy atom. The van der Waals surface area contributed by atoms with Crippen molar-refractivity contribution in [2.45, 2.75) is 25.9 Å². The summed E-state index contributed by atoms with van der Waals surface area (Å²) in [6.07, 6.45) is 11.6. The van der Waals surface area contributed by atoms with E-state index in [0.717, 1.165) is 18.7 Å². The fourth-order valence-electron chi connectivity index (χ4n) is 2.78. The third-order valence-electron chi connectivity index (χ3n) is 4.09. The molecule has 0 radical (unpaired) electrons. The van der Waals surface area contributed by atoms with Crippen molar-refractivity contribution in [1.82, 2.24) is 9.47 Å². The van der Waals surface area contributed by atoms with Gasteiger partial charge in [0.15, 0.2) is 3.95 Å². The molecule has 1 aromatic heterocycles. The quantitative estimate of drug-likeness (QED) is 0.505. The monoisotopic (exact) mass is 364 g/mol. The first-order chi connectivity index (χ1) is 11.5. The molecule has 3 rings (SSSR count). The van der Waals surface area contributed by atoms with Crippen LogP contribution in [0, 0.1) is 14.4 Å². The average Bonchev–Trinajstić information content (AvgIpc) is 2.84. The van der Waals surface area contributed by atoms with Crippen molar-refractivity contribution < 1.29 is 10.0 Å². The van der Waals surface area contributed by atoms with Gasteiger partial charge in [-0.3, -0.25) is 9.47 Å². The smallest absolute Gasteiger partial charge is 0.222 e. The fraction of sp³-hybridized carbons (Fsp3) is 0.375. The van der Waals surface area contributed by atoms with Gasteiger partial charge in [-0.2, -0.15) is 4.90 Å². The molecule has 0 aromatic carbocycles. The molecule has 0 amide bonds. The Balaban J connectivity index is 1.81. The summed E-state index contributed by atoms with van der Waals surface area (Å²) in [7, 11) is 0. The Morgan fingerprint density at radius 1 is 1.17 bits per heavy atom. The number of hydrogen-bond acceptors (Lipinski definition) is 6. The van der Waals surface area contributed by atoms with Gasteiger partial charge in [0.2, 0.25) is 11.6 Å². The molecule has 1 aliphatic carbocycles. The summed E-state index contributed by atoms with van der Waals surface area (Å²) in [5, 5.41) is 31.9. The summed E-state index contributed by atoms with van der Waals surface area (Å²) in [4.78, 5) is 2.53. The van der Waals surface area contributed by atoms with Crippen molar-refractivity contribution in [1.29, 1.82) is 0 Å². The van der Waals surface area contributed by atoms with Crippen molar-refractivity contribution in [3.8, 4) is 5.88 Å². The van der Waals surface area contributed by atoms with Crippen LogP contribution in [0.5, 0.6) is 5.88 Å². The standard InChI is InChI=1S/C16H18N3O3S2/c20-15-14(10-12-4-6-13(7-5-12)19(21)22)24-16(23)18(15)11-17-8-2-1-3-9-17/h4-7,10H,1-3,8-9,11H2,(H-,20,21,22)/q-1. The Kier molecular flexibility index (Phi) is 5.17. The largest absolute Gasteiger partial charge is 0.612 e. The highest BCUT2D eigenvalue weighted by Gasteiger charge is 2.16. The molecule has 0 saturated carbocycles. The number of likely N-dealkylation sites (tertiary alicyclic amines) is 1. The zero-order chi connectivity index (χ0) is 17.1. The van der Waals surface area contributed by atoms with Gasteiger partial charge in [-0.1, -0.05) is 6.42 Å². The third kappa shape index (κ3) is 3.77. The molecule has 2 aliphatic rings. The van der Waals surface area contributed by atoms with Crippen molar-refractivity contribution in [2.75, 3.05) is 13.1 Å². The van der Waals surface area contributed by atoms with E-state index in [1.165, 1.54) is 42.8 Å². The fourth-order valence-corrected chi connectivity index (χ4v) is 4.03. The molecule has 128 valence electrons. The van der Waals surface area contributed by atoms with Gasteiger partial charge >= 0.3 is 0 Å². The first kappa shape index (κ1) is 16.9. The molecule has 2 heterocycles. The maximum atomic E-state index is 10.7. The normalized spacial score (nSPS) is 18.2. The number of aromatic nitrogens is 1. The minimum absolute atomic E-state index is 0.0478. The topological polar surface area (TPSA) is 77.5 Å². The van der Waals surface area contributed by atoms with Gasteiger partial charge < -0.3 is 15.5 Å². The van der Waals surface area contributed by atoms with E-state index in [1.54, 1.807) is 22.8 Å². The molecular formula is C16H18N3O3S2-. The van der Waals surface area contributed by atoms with Crippen LogP contribution in [0.2, 0.25) is 0 Å². The van der Waals surface area contributed by atoms with Crippen molar-refractivity contribution in [3.05, 3.63) is 49.1 Å². The molecule has 1 aromatic rings. The molecule has 1 N–H and O–H groups in total. The lowest BCUT2D eigenvalue weighted by Crippen LogP contribution is -2.31. The lowest BCUT2D eigenvalue weighted by molar-refractivity contribution is -0.377. The summed E-state index contributed by atoms with van der Waals surface area (Å²) in [6.45, 7) is 2.66. The molecule has 0 bridgehead atoms. The van der Waals surface area contributed by atoms with Crippen molar-refractivity contribution >= 4 is 35.3 Å². The van der Waals surface area contributed by atoms with E-state index in [2.05, 4.69) is 4.90 Å². The van der Waals surface area contributed by atoms with Crippen molar-refractivity contribution in [3.63, 3.8) is 0 Å². The Bertz CT molecular complexity index is 774. The van der Waals surface area contributed by atoms with Gasteiger partial charge in [0.05, 0.1) is 11.5 Å². The molecule has 1 fully saturated rings. The van der Waals surface area contributed by atoms with Crippen LogP contribution < -0.4 is 0 Å². The van der Waals surface area contributed by atoms with Crippen LogP contribution in [-0.4, -0.2) is 38.3 Å². The summed E-state index contributed by atoms with van der Waals surface area (Å²) >= 11 is 6.73. The molecule has 24 heavy (non-hydrogen) atoms. The predicted molar refractivity (Wildman–Crippen MR) is 98.5 cm³/mol. The molecule has 1 aliphatic heterocycles. The van der Waals surface area contributed by atoms with E-state index >= 15 is 0 Å². The van der Waals surface area contributed by atoms with Crippen LogP contribution in [0.4, 0.5) is 0 Å².